The van der Waals surface area contributed by atoms with Crippen molar-refractivity contribution in [3.8, 4) is 5.75 Å². The maximum absolute atomic E-state index is 11.2. The number of fused-ring (bicyclic) bond motifs is 1. The highest BCUT2D eigenvalue weighted by Gasteiger charge is 2.37. The minimum absolute atomic E-state index is 0.0523. The van der Waals surface area contributed by atoms with Crippen LogP contribution in [0.1, 0.15) is 29.3 Å². The molecule has 1 aliphatic heterocycles. The molecule has 7 heteroatoms. The Balaban J connectivity index is 2.40. The monoisotopic (exact) mass is 282 g/mol. The van der Waals surface area contributed by atoms with Gasteiger partial charge in [-0.15, -0.1) is 0 Å². The molecule has 0 fully saturated rings. The lowest BCUT2D eigenvalue weighted by atomic mass is 9.64. The molecule has 0 amide bonds. The van der Waals surface area contributed by atoms with Gasteiger partial charge in [-0.3, -0.25) is 0 Å². The summed E-state index contributed by atoms with van der Waals surface area (Å²) in [5.74, 6) is -1.54. The summed E-state index contributed by atoms with van der Waals surface area (Å²) in [4.78, 5) is 22.3. The number of halogens is 1. The topological polar surface area (TPSA) is 83.8 Å². The van der Waals surface area contributed by atoms with Gasteiger partial charge in [0.05, 0.1) is 5.02 Å². The van der Waals surface area contributed by atoms with Gasteiger partial charge in [0.15, 0.2) is 0 Å². The number of carbonyl (C=O) groups excluding carboxylic acids is 1. The van der Waals surface area contributed by atoms with Gasteiger partial charge in [-0.1, -0.05) is 17.7 Å². The molecule has 1 aromatic rings. The van der Waals surface area contributed by atoms with Crippen molar-refractivity contribution in [2.24, 2.45) is 0 Å². The van der Waals surface area contributed by atoms with E-state index in [4.69, 9.17) is 21.4 Å². The summed E-state index contributed by atoms with van der Waals surface area (Å²) in [7, 11) is -1.20. The van der Waals surface area contributed by atoms with Crippen LogP contribution in [0.3, 0.4) is 0 Å². The molecule has 1 atom stereocenters. The van der Waals surface area contributed by atoms with Gasteiger partial charge in [-0.2, -0.15) is 0 Å². The van der Waals surface area contributed by atoms with E-state index in [1.807, 2.05) is 0 Å². The molecule has 19 heavy (non-hydrogen) atoms. The van der Waals surface area contributed by atoms with Crippen LogP contribution in [0.15, 0.2) is 12.1 Å². The highest BCUT2D eigenvalue weighted by atomic mass is 35.5. The summed E-state index contributed by atoms with van der Waals surface area (Å²) >= 11 is 5.83. The van der Waals surface area contributed by atoms with Crippen LogP contribution in [0, 0.1) is 0 Å². The first-order chi connectivity index (χ1) is 8.90. The van der Waals surface area contributed by atoms with Crippen LogP contribution in [-0.4, -0.2) is 29.0 Å². The lowest BCUT2D eigenvalue weighted by molar-refractivity contribution is -0.117. The Labute approximate surface area is 115 Å². The van der Waals surface area contributed by atoms with Crippen molar-refractivity contribution < 1.29 is 24.4 Å². The number of rotatable bonds is 3. The fourth-order valence-electron chi connectivity index (χ4n) is 2.24. The van der Waals surface area contributed by atoms with Crippen LogP contribution in [-0.2, 0) is 11.2 Å². The average Bonchev–Trinajstić information content (AvgIpc) is 2.29. The quantitative estimate of drug-likeness (QED) is 0.826. The Hall–Kier alpha value is -1.53. The van der Waals surface area contributed by atoms with Crippen molar-refractivity contribution in [1.82, 2.24) is 0 Å². The summed E-state index contributed by atoms with van der Waals surface area (Å²) in [6.45, 7) is 1.44. The van der Waals surface area contributed by atoms with E-state index in [9.17, 15) is 14.6 Å². The predicted molar refractivity (Wildman–Crippen MR) is 69.8 cm³/mol. The third-order valence-corrected chi connectivity index (χ3v) is 3.39. The number of benzene rings is 1. The van der Waals surface area contributed by atoms with Gasteiger partial charge in [-0.25, -0.2) is 4.79 Å². The summed E-state index contributed by atoms with van der Waals surface area (Å²) < 4.78 is 5.26. The van der Waals surface area contributed by atoms with E-state index in [0.29, 0.717) is 12.0 Å². The van der Waals surface area contributed by atoms with Crippen molar-refractivity contribution in [2.45, 2.75) is 25.6 Å². The molecule has 1 heterocycles. The van der Waals surface area contributed by atoms with E-state index in [0.717, 1.165) is 0 Å². The third kappa shape index (κ3) is 2.74. The fourth-order valence-corrected chi connectivity index (χ4v) is 2.47. The second-order valence-electron chi connectivity index (χ2n) is 4.59. The first kappa shape index (κ1) is 13.9. The molecule has 2 rings (SSSR count). The SMILES string of the molecule is CC(=O)C[C@H]1Cc2ccc(Cl)c(C(=O)O)c2OB1O. The van der Waals surface area contributed by atoms with E-state index >= 15 is 0 Å². The van der Waals surface area contributed by atoms with Crippen LogP contribution in [0.5, 0.6) is 5.75 Å². The Morgan fingerprint density at radius 2 is 2.21 bits per heavy atom. The number of hydrogen-bond acceptors (Lipinski definition) is 4. The van der Waals surface area contributed by atoms with Crippen molar-refractivity contribution in [3.63, 3.8) is 0 Å². The Bertz CT molecular complexity index is 545. The van der Waals surface area contributed by atoms with Crippen LogP contribution in [0.2, 0.25) is 10.8 Å². The average molecular weight is 282 g/mol. The minimum atomic E-state index is -1.21. The molecule has 2 N–H and O–H groups in total. The Morgan fingerprint density at radius 3 is 2.79 bits per heavy atom. The Kier molecular flexibility index (Phi) is 3.82. The van der Waals surface area contributed by atoms with Crippen molar-refractivity contribution >= 4 is 30.5 Å². The van der Waals surface area contributed by atoms with E-state index in [2.05, 4.69) is 0 Å². The van der Waals surface area contributed by atoms with Crippen LogP contribution >= 0.6 is 11.6 Å². The second kappa shape index (κ2) is 5.23. The van der Waals surface area contributed by atoms with Crippen LogP contribution in [0.25, 0.3) is 0 Å². The predicted octanol–water partition coefficient (Wildman–Crippen LogP) is 1.80. The molecule has 0 bridgehead atoms. The van der Waals surface area contributed by atoms with Gasteiger partial charge in [0.1, 0.15) is 17.1 Å². The molecule has 0 spiro atoms. The molecule has 0 radical (unpaired) electrons. The number of aromatic carboxylic acids is 1. The molecule has 5 nitrogen and oxygen atoms in total. The molecular weight excluding hydrogens is 270 g/mol. The van der Waals surface area contributed by atoms with Crippen LogP contribution < -0.4 is 4.65 Å². The molecular formula is C12H12BClO5. The number of carboxylic acids is 1. The van der Waals surface area contributed by atoms with Crippen molar-refractivity contribution in [1.29, 1.82) is 0 Å². The van der Waals surface area contributed by atoms with Gasteiger partial charge < -0.3 is 19.6 Å². The molecule has 0 aromatic heterocycles. The summed E-state index contributed by atoms with van der Waals surface area (Å²) in [5, 5.41) is 19.0. The van der Waals surface area contributed by atoms with Gasteiger partial charge in [0, 0.05) is 12.2 Å². The maximum Gasteiger partial charge on any atom is 0.526 e. The lowest BCUT2D eigenvalue weighted by Crippen LogP contribution is -2.35. The summed E-state index contributed by atoms with van der Waals surface area (Å²) in [6.07, 6.45) is 0.569. The van der Waals surface area contributed by atoms with E-state index in [1.54, 1.807) is 6.07 Å². The van der Waals surface area contributed by atoms with Crippen molar-refractivity contribution in [3.05, 3.63) is 28.3 Å². The molecule has 0 saturated carbocycles. The van der Waals surface area contributed by atoms with Gasteiger partial charge in [0.2, 0.25) is 0 Å². The second-order valence-corrected chi connectivity index (χ2v) is 5.00. The molecule has 0 unspecified atom stereocenters. The highest BCUT2D eigenvalue weighted by molar-refractivity contribution is 6.47. The van der Waals surface area contributed by atoms with E-state index < -0.39 is 13.1 Å². The third-order valence-electron chi connectivity index (χ3n) is 3.08. The van der Waals surface area contributed by atoms with E-state index in [-0.39, 0.29) is 34.4 Å². The van der Waals surface area contributed by atoms with Gasteiger partial charge in [0.25, 0.3) is 0 Å². The smallest absolute Gasteiger partial charge is 0.526 e. The minimum Gasteiger partial charge on any atom is -0.535 e. The zero-order valence-corrected chi connectivity index (χ0v) is 11.0. The van der Waals surface area contributed by atoms with E-state index in [1.165, 1.54) is 13.0 Å². The zero-order valence-electron chi connectivity index (χ0n) is 10.2. The maximum atomic E-state index is 11.2. The largest absolute Gasteiger partial charge is 0.535 e. The van der Waals surface area contributed by atoms with Gasteiger partial charge in [-0.05, 0) is 25.0 Å². The van der Waals surface area contributed by atoms with Gasteiger partial charge >= 0.3 is 13.1 Å². The standard InChI is InChI=1S/C12H12BClO5/c1-6(15)4-8-5-7-2-3-9(14)10(12(16)17)11(7)19-13(8)18/h2-3,8,18H,4-5H2,1H3,(H,16,17)/t8-/m0/s1. The number of Topliss-reactive ketones (excluding diaryl/α,β-unsaturated/α-hetero) is 1. The number of ketones is 1. The molecule has 1 aromatic carbocycles. The molecule has 0 saturated heterocycles. The number of hydrogen-bond donors (Lipinski definition) is 2. The molecule has 0 aliphatic carbocycles. The van der Waals surface area contributed by atoms with Crippen molar-refractivity contribution in [2.75, 3.05) is 0 Å². The number of carboxylic acid groups (broad SMARTS) is 1. The Morgan fingerprint density at radius 1 is 1.53 bits per heavy atom. The lowest BCUT2D eigenvalue weighted by Gasteiger charge is -2.28. The fraction of sp³-hybridized carbons (Fsp3) is 0.333. The first-order valence-corrected chi connectivity index (χ1v) is 6.16. The van der Waals surface area contributed by atoms with Crippen LogP contribution in [0.4, 0.5) is 0 Å². The molecule has 1 aliphatic rings. The normalized spacial score (nSPS) is 17.6. The number of carbonyl (C=O) groups is 2. The highest BCUT2D eigenvalue weighted by Crippen LogP contribution is 2.39. The summed E-state index contributed by atoms with van der Waals surface area (Å²) in [6, 6.07) is 3.14. The zero-order chi connectivity index (χ0) is 14.2. The summed E-state index contributed by atoms with van der Waals surface area (Å²) in [5.41, 5.74) is 0.484. The first-order valence-electron chi connectivity index (χ1n) is 5.79. The molecule has 100 valence electrons.